The van der Waals surface area contributed by atoms with E-state index in [-0.39, 0.29) is 36.9 Å². The number of aliphatic hydroxyl groups is 1. The van der Waals surface area contributed by atoms with Crippen LogP contribution in [0.1, 0.15) is 25.0 Å². The number of aromatic nitrogens is 2. The Balaban J connectivity index is 1.53. The number of likely N-dealkylation sites (N-methyl/N-ethyl adjacent to an activating group) is 1. The second-order valence-corrected chi connectivity index (χ2v) is 14.5. The van der Waals surface area contributed by atoms with Gasteiger partial charge in [-0.3, -0.25) is 4.98 Å². The lowest BCUT2D eigenvalue weighted by Gasteiger charge is -2.30. The fourth-order valence-corrected chi connectivity index (χ4v) is 7.32. The van der Waals surface area contributed by atoms with Crippen LogP contribution in [0.5, 0.6) is 0 Å². The number of pyridine rings is 1. The molecule has 4 aromatic rings. The van der Waals surface area contributed by atoms with Gasteiger partial charge in [0.2, 0.25) is 10.0 Å². The molecule has 4 rings (SSSR count). The van der Waals surface area contributed by atoms with E-state index in [2.05, 4.69) is 25.5 Å². The molecule has 0 aliphatic rings. The molecular weight excluding hydrogens is 613 g/mol. The highest BCUT2D eigenvalue weighted by Crippen LogP contribution is 2.29. The van der Waals surface area contributed by atoms with Crippen LogP contribution in [0.4, 0.5) is 9.93 Å². The number of hydrogen-bond acceptors (Lipinski definition) is 10. The Morgan fingerprint density at radius 2 is 1.80 bits per heavy atom. The second-order valence-electron chi connectivity index (χ2n) is 11.5. The first-order chi connectivity index (χ1) is 21.5. The van der Waals surface area contributed by atoms with Gasteiger partial charge in [-0.05, 0) is 56.3 Å². The van der Waals surface area contributed by atoms with Gasteiger partial charge in [0, 0.05) is 44.1 Å². The minimum Gasteiger partial charge on any atom is -0.445 e. The summed E-state index contributed by atoms with van der Waals surface area (Å²) in [5, 5.41) is 18.3. The number of aliphatic hydroxyl groups excluding tert-OH is 1. The molecule has 0 bridgehead atoms. The van der Waals surface area contributed by atoms with Crippen LogP contribution < -0.4 is 10.6 Å². The van der Waals surface area contributed by atoms with Crippen molar-refractivity contribution in [1.82, 2.24) is 24.5 Å². The molecule has 0 saturated heterocycles. The average Bonchev–Trinajstić information content (AvgIpc) is 3.42. The van der Waals surface area contributed by atoms with Gasteiger partial charge >= 0.3 is 6.09 Å². The lowest BCUT2D eigenvalue weighted by molar-refractivity contribution is 0.0873. The van der Waals surface area contributed by atoms with E-state index in [0.717, 1.165) is 27.5 Å². The highest BCUT2D eigenvalue weighted by Gasteiger charge is 2.32. The van der Waals surface area contributed by atoms with E-state index in [4.69, 9.17) is 4.74 Å². The van der Waals surface area contributed by atoms with Gasteiger partial charge in [-0.15, -0.1) is 0 Å². The van der Waals surface area contributed by atoms with Gasteiger partial charge in [-0.1, -0.05) is 61.6 Å². The largest absolute Gasteiger partial charge is 0.445 e. The number of nitrogens with zero attached hydrogens (tertiary/aromatic N) is 4. The minimum absolute atomic E-state index is 0.00855. The van der Waals surface area contributed by atoms with Gasteiger partial charge < -0.3 is 25.4 Å². The molecule has 0 aliphatic heterocycles. The van der Waals surface area contributed by atoms with Crippen LogP contribution >= 0.6 is 11.3 Å². The molecule has 2 heterocycles. The average molecular weight is 655 g/mol. The first-order valence-corrected chi connectivity index (χ1v) is 17.1. The predicted molar refractivity (Wildman–Crippen MR) is 178 cm³/mol. The van der Waals surface area contributed by atoms with Crippen LogP contribution in [-0.2, 0) is 27.8 Å². The van der Waals surface area contributed by atoms with Crippen molar-refractivity contribution in [3.8, 4) is 0 Å². The number of anilines is 1. The summed E-state index contributed by atoms with van der Waals surface area (Å²) in [4.78, 5) is 23.6. The lowest BCUT2D eigenvalue weighted by Crippen LogP contribution is -2.51. The minimum atomic E-state index is -4.01. The van der Waals surface area contributed by atoms with Crippen molar-refractivity contribution in [2.45, 2.75) is 43.9 Å². The van der Waals surface area contributed by atoms with Crippen LogP contribution in [-0.4, -0.2) is 91.2 Å². The van der Waals surface area contributed by atoms with Crippen molar-refractivity contribution in [2.24, 2.45) is 5.92 Å². The number of carbonyl (C=O) groups excluding carboxylic acids is 1. The Hall–Kier alpha value is -3.62. The maximum Gasteiger partial charge on any atom is 0.407 e. The highest BCUT2D eigenvalue weighted by atomic mass is 32.2. The fourth-order valence-electron chi connectivity index (χ4n) is 4.67. The van der Waals surface area contributed by atoms with Gasteiger partial charge in [0.1, 0.15) is 6.61 Å². The third-order valence-corrected chi connectivity index (χ3v) is 9.75. The molecule has 242 valence electrons. The first-order valence-electron chi connectivity index (χ1n) is 14.8. The van der Waals surface area contributed by atoms with E-state index in [0.29, 0.717) is 12.1 Å². The van der Waals surface area contributed by atoms with Crippen molar-refractivity contribution < 1.29 is 23.1 Å². The number of hydrogen-bond donors (Lipinski definition) is 3. The van der Waals surface area contributed by atoms with Crippen LogP contribution in [0.3, 0.4) is 0 Å². The maximum absolute atomic E-state index is 14.0. The van der Waals surface area contributed by atoms with E-state index in [9.17, 15) is 18.3 Å². The summed E-state index contributed by atoms with van der Waals surface area (Å²) in [5.41, 5.74) is 2.30. The van der Waals surface area contributed by atoms with E-state index in [1.54, 1.807) is 42.7 Å². The summed E-state index contributed by atoms with van der Waals surface area (Å²) in [6, 6.07) is 17.0. The fraction of sp³-hybridized carbons (Fsp3) is 0.406. The van der Waals surface area contributed by atoms with E-state index in [1.165, 1.54) is 15.6 Å². The van der Waals surface area contributed by atoms with Crippen molar-refractivity contribution in [1.29, 1.82) is 0 Å². The zero-order chi connectivity index (χ0) is 32.4. The zero-order valence-electron chi connectivity index (χ0n) is 26.1. The summed E-state index contributed by atoms with van der Waals surface area (Å²) in [6.45, 7) is 5.36. The van der Waals surface area contributed by atoms with Crippen LogP contribution in [0.15, 0.2) is 78.0 Å². The second kappa shape index (κ2) is 16.1. The normalized spacial score (nSPS) is 13.3. The van der Waals surface area contributed by atoms with Crippen LogP contribution in [0.2, 0.25) is 0 Å². The van der Waals surface area contributed by atoms with Gasteiger partial charge in [-0.2, -0.15) is 4.31 Å². The van der Waals surface area contributed by atoms with Crippen LogP contribution in [0, 0.1) is 5.92 Å². The number of fused-ring (bicyclic) bond motifs is 1. The summed E-state index contributed by atoms with van der Waals surface area (Å²) < 4.78 is 35.5. The Kier molecular flexibility index (Phi) is 12.3. The molecule has 11 nitrogen and oxygen atoms in total. The van der Waals surface area contributed by atoms with E-state index in [1.807, 2.05) is 58.3 Å². The van der Waals surface area contributed by atoms with Crippen molar-refractivity contribution >= 4 is 42.8 Å². The number of ether oxygens (including phenoxy) is 1. The van der Waals surface area contributed by atoms with Gasteiger partial charge in [0.15, 0.2) is 5.13 Å². The summed E-state index contributed by atoms with van der Waals surface area (Å²) >= 11 is 1.40. The molecule has 0 unspecified atom stereocenters. The summed E-state index contributed by atoms with van der Waals surface area (Å²) in [5.74, 6) is -0.0170. The number of nitrogens with one attached hydrogen (secondary N) is 2. The number of amides is 1. The van der Waals surface area contributed by atoms with E-state index < -0.39 is 28.3 Å². The van der Waals surface area contributed by atoms with E-state index >= 15 is 0 Å². The highest BCUT2D eigenvalue weighted by molar-refractivity contribution is 7.89. The standard InChI is InChI=1S/C32H42N6O5S2/c1-23(2)20-38(45(41,42)26-12-13-27-30(18-26)44-31(35-27)34-15-16-37(3)4)21-29(39)28(17-24-9-6-5-7-10-24)36-32(40)43-22-25-11-8-14-33-19-25/h5-14,18-19,23,28-29,39H,15-17,20-22H2,1-4H3,(H,34,35)(H,36,40)/t28-,29+/m0/s1. The quantitative estimate of drug-likeness (QED) is 0.162. The van der Waals surface area contributed by atoms with Gasteiger partial charge in [0.25, 0.3) is 0 Å². The summed E-state index contributed by atoms with van der Waals surface area (Å²) in [6.07, 6.45) is 1.55. The number of alkyl carbamates (subject to hydrolysis) is 1. The topological polar surface area (TPSA) is 137 Å². The van der Waals surface area contributed by atoms with Crippen molar-refractivity contribution in [3.63, 3.8) is 0 Å². The summed E-state index contributed by atoms with van der Waals surface area (Å²) in [7, 11) is -0.0232. The Morgan fingerprint density at radius 3 is 2.49 bits per heavy atom. The molecule has 0 radical (unpaired) electrons. The lowest BCUT2D eigenvalue weighted by atomic mass is 10.0. The zero-order valence-corrected chi connectivity index (χ0v) is 27.7. The van der Waals surface area contributed by atoms with Gasteiger partial charge in [0.05, 0.1) is 27.3 Å². The third kappa shape index (κ3) is 10.2. The molecule has 2 aromatic heterocycles. The Bertz CT molecular complexity index is 1620. The first kappa shape index (κ1) is 34.3. The monoisotopic (exact) mass is 654 g/mol. The predicted octanol–water partition coefficient (Wildman–Crippen LogP) is 4.21. The number of rotatable bonds is 16. The molecular formula is C32H42N6O5S2. The molecule has 45 heavy (non-hydrogen) atoms. The van der Waals surface area contributed by atoms with Crippen molar-refractivity contribution in [2.75, 3.05) is 45.6 Å². The molecule has 0 spiro atoms. The SMILES string of the molecule is CC(C)CN(C[C@@H](O)[C@H](Cc1ccccc1)NC(=O)OCc1cccnc1)S(=O)(=O)c1ccc2nc(NCCN(C)C)sc2c1. The third-order valence-electron chi connectivity index (χ3n) is 6.95. The molecule has 0 saturated carbocycles. The number of sulfonamides is 1. The number of thiazole rings is 1. The molecule has 13 heteroatoms. The Labute approximate surface area is 269 Å². The maximum atomic E-state index is 14.0. The number of benzene rings is 2. The molecule has 0 aliphatic carbocycles. The van der Waals surface area contributed by atoms with Gasteiger partial charge in [-0.25, -0.2) is 18.2 Å². The Morgan fingerprint density at radius 1 is 1.04 bits per heavy atom. The molecule has 2 aromatic carbocycles. The molecule has 1 amide bonds. The number of carbonyl (C=O) groups is 1. The molecule has 2 atom stereocenters. The molecule has 0 fully saturated rings. The van der Waals surface area contributed by atoms with Crippen LogP contribution in [0.25, 0.3) is 10.2 Å². The van der Waals surface area contributed by atoms with Crippen molar-refractivity contribution in [3.05, 3.63) is 84.2 Å². The molecule has 3 N–H and O–H groups in total. The smallest absolute Gasteiger partial charge is 0.407 e.